The maximum Gasteiger partial charge on any atom is 0.0547 e. The first-order valence-corrected chi connectivity index (χ1v) is 8.06. The Morgan fingerprint density at radius 3 is 2.57 bits per heavy atom. The number of hydrogen-bond acceptors (Lipinski definition) is 3. The molecule has 0 aliphatic carbocycles. The normalized spacial score (nSPS) is 11.0. The largest absolute Gasteiger partial charge is 0.311 e. The lowest BCUT2D eigenvalue weighted by Gasteiger charge is -2.17. The standard InChI is InChI=1S/C17H22BrN3/c1-3-19-11-15-8-6-9-16(20-15)13-21(2)12-14-7-4-5-10-17(14)18/h4-10,19H,3,11-13H2,1-2H3. The van der Waals surface area contributed by atoms with E-state index in [-0.39, 0.29) is 0 Å². The van der Waals surface area contributed by atoms with E-state index in [1.807, 2.05) is 6.07 Å². The SMILES string of the molecule is CCNCc1cccc(CN(C)Cc2ccccc2Br)n1. The molecule has 0 saturated heterocycles. The second kappa shape index (κ2) is 8.27. The fourth-order valence-corrected chi connectivity index (χ4v) is 2.63. The Balaban J connectivity index is 1.96. The third kappa shape index (κ3) is 5.23. The third-order valence-corrected chi connectivity index (χ3v) is 4.02. The van der Waals surface area contributed by atoms with Gasteiger partial charge in [0.25, 0.3) is 0 Å². The van der Waals surface area contributed by atoms with Crippen LogP contribution in [0, 0.1) is 0 Å². The first kappa shape index (κ1) is 16.1. The summed E-state index contributed by atoms with van der Waals surface area (Å²) in [6.45, 7) is 5.66. The number of hydrogen-bond donors (Lipinski definition) is 1. The summed E-state index contributed by atoms with van der Waals surface area (Å²) in [6, 6.07) is 14.6. The van der Waals surface area contributed by atoms with Crippen molar-refractivity contribution < 1.29 is 0 Å². The minimum atomic E-state index is 0.832. The van der Waals surface area contributed by atoms with Gasteiger partial charge >= 0.3 is 0 Å². The van der Waals surface area contributed by atoms with Crippen molar-refractivity contribution in [1.82, 2.24) is 15.2 Å². The summed E-state index contributed by atoms with van der Waals surface area (Å²) in [5.74, 6) is 0. The average Bonchev–Trinajstić information content (AvgIpc) is 2.48. The molecule has 0 radical (unpaired) electrons. The van der Waals surface area contributed by atoms with Crippen LogP contribution < -0.4 is 5.32 Å². The van der Waals surface area contributed by atoms with Crippen molar-refractivity contribution in [3.63, 3.8) is 0 Å². The minimum Gasteiger partial charge on any atom is -0.311 e. The number of aromatic nitrogens is 1. The zero-order valence-corrected chi connectivity index (χ0v) is 14.2. The van der Waals surface area contributed by atoms with Gasteiger partial charge in [0.2, 0.25) is 0 Å². The second-order valence-corrected chi connectivity index (χ2v) is 6.02. The van der Waals surface area contributed by atoms with Crippen molar-refractivity contribution >= 4 is 15.9 Å². The Morgan fingerprint density at radius 2 is 1.81 bits per heavy atom. The number of nitrogens with zero attached hydrogens (tertiary/aromatic N) is 2. The molecule has 1 aromatic carbocycles. The van der Waals surface area contributed by atoms with E-state index in [4.69, 9.17) is 4.98 Å². The van der Waals surface area contributed by atoms with Gasteiger partial charge in [0, 0.05) is 24.1 Å². The third-order valence-electron chi connectivity index (χ3n) is 3.25. The van der Waals surface area contributed by atoms with Gasteiger partial charge in [-0.05, 0) is 37.4 Å². The highest BCUT2D eigenvalue weighted by atomic mass is 79.9. The van der Waals surface area contributed by atoms with Crippen LogP contribution in [0.3, 0.4) is 0 Å². The van der Waals surface area contributed by atoms with Gasteiger partial charge in [-0.25, -0.2) is 0 Å². The van der Waals surface area contributed by atoms with Gasteiger partial charge in [-0.15, -0.1) is 0 Å². The number of benzene rings is 1. The Hall–Kier alpha value is -1.23. The van der Waals surface area contributed by atoms with E-state index < -0.39 is 0 Å². The number of nitrogens with one attached hydrogen (secondary N) is 1. The molecule has 21 heavy (non-hydrogen) atoms. The van der Waals surface area contributed by atoms with Crippen molar-refractivity contribution in [2.75, 3.05) is 13.6 Å². The van der Waals surface area contributed by atoms with E-state index in [2.05, 4.69) is 76.5 Å². The topological polar surface area (TPSA) is 28.2 Å². The average molecular weight is 348 g/mol. The Kier molecular flexibility index (Phi) is 6.36. The van der Waals surface area contributed by atoms with Gasteiger partial charge < -0.3 is 5.32 Å². The second-order valence-electron chi connectivity index (χ2n) is 5.16. The van der Waals surface area contributed by atoms with Gasteiger partial charge in [-0.3, -0.25) is 9.88 Å². The molecule has 0 fully saturated rings. The highest BCUT2D eigenvalue weighted by molar-refractivity contribution is 9.10. The molecule has 0 amide bonds. The first-order chi connectivity index (χ1) is 10.2. The van der Waals surface area contributed by atoms with Crippen LogP contribution in [0.2, 0.25) is 0 Å². The lowest BCUT2D eigenvalue weighted by Crippen LogP contribution is -2.19. The van der Waals surface area contributed by atoms with Gasteiger partial charge in [0.15, 0.2) is 0 Å². The highest BCUT2D eigenvalue weighted by Crippen LogP contribution is 2.18. The van der Waals surface area contributed by atoms with Crippen LogP contribution in [0.1, 0.15) is 23.9 Å². The van der Waals surface area contributed by atoms with Crippen LogP contribution in [0.5, 0.6) is 0 Å². The molecule has 0 aliphatic rings. The molecular weight excluding hydrogens is 326 g/mol. The van der Waals surface area contributed by atoms with E-state index in [1.54, 1.807) is 0 Å². The van der Waals surface area contributed by atoms with Crippen molar-refractivity contribution in [3.8, 4) is 0 Å². The van der Waals surface area contributed by atoms with Crippen LogP contribution >= 0.6 is 15.9 Å². The fourth-order valence-electron chi connectivity index (χ4n) is 2.22. The Labute approximate surface area is 135 Å². The molecule has 1 N–H and O–H groups in total. The number of halogens is 1. The van der Waals surface area contributed by atoms with E-state index in [9.17, 15) is 0 Å². The smallest absolute Gasteiger partial charge is 0.0547 e. The molecule has 1 heterocycles. The van der Waals surface area contributed by atoms with Gasteiger partial charge in [-0.2, -0.15) is 0 Å². The van der Waals surface area contributed by atoms with Gasteiger partial charge in [0.05, 0.1) is 11.4 Å². The summed E-state index contributed by atoms with van der Waals surface area (Å²) in [7, 11) is 2.12. The van der Waals surface area contributed by atoms with Crippen LogP contribution in [0.15, 0.2) is 46.9 Å². The molecule has 3 nitrogen and oxygen atoms in total. The molecule has 0 unspecified atom stereocenters. The summed E-state index contributed by atoms with van der Waals surface area (Å²) in [4.78, 5) is 6.98. The van der Waals surface area contributed by atoms with Crippen molar-refractivity contribution in [3.05, 3.63) is 63.9 Å². The predicted octanol–water partition coefficient (Wildman–Crippen LogP) is 3.59. The molecule has 2 aromatic rings. The summed E-state index contributed by atoms with van der Waals surface area (Å²) >= 11 is 3.60. The van der Waals surface area contributed by atoms with Crippen molar-refractivity contribution in [2.45, 2.75) is 26.6 Å². The quantitative estimate of drug-likeness (QED) is 0.829. The van der Waals surface area contributed by atoms with E-state index in [0.717, 1.165) is 42.0 Å². The summed E-state index contributed by atoms with van der Waals surface area (Å²) in [6.07, 6.45) is 0. The fraction of sp³-hybridized carbons (Fsp3) is 0.353. The summed E-state index contributed by atoms with van der Waals surface area (Å²) in [5, 5.41) is 3.31. The molecule has 0 atom stereocenters. The van der Waals surface area contributed by atoms with Gasteiger partial charge in [0.1, 0.15) is 0 Å². The zero-order chi connectivity index (χ0) is 15.1. The summed E-state index contributed by atoms with van der Waals surface area (Å²) < 4.78 is 1.16. The zero-order valence-electron chi connectivity index (χ0n) is 12.6. The molecular formula is C17H22BrN3. The highest BCUT2D eigenvalue weighted by Gasteiger charge is 2.06. The lowest BCUT2D eigenvalue weighted by atomic mass is 10.2. The van der Waals surface area contributed by atoms with Crippen LogP contribution in [0.25, 0.3) is 0 Å². The van der Waals surface area contributed by atoms with E-state index >= 15 is 0 Å². The molecule has 112 valence electrons. The van der Waals surface area contributed by atoms with Crippen molar-refractivity contribution in [2.24, 2.45) is 0 Å². The predicted molar refractivity (Wildman–Crippen MR) is 90.9 cm³/mol. The number of rotatable bonds is 7. The van der Waals surface area contributed by atoms with Crippen molar-refractivity contribution in [1.29, 1.82) is 0 Å². The molecule has 0 aliphatic heterocycles. The monoisotopic (exact) mass is 347 g/mol. The molecule has 0 bridgehead atoms. The minimum absolute atomic E-state index is 0.832. The maximum absolute atomic E-state index is 4.70. The van der Waals surface area contributed by atoms with E-state index in [0.29, 0.717) is 0 Å². The molecule has 0 saturated carbocycles. The first-order valence-electron chi connectivity index (χ1n) is 7.26. The molecule has 4 heteroatoms. The van der Waals surface area contributed by atoms with Gasteiger partial charge in [-0.1, -0.05) is 47.1 Å². The molecule has 1 aromatic heterocycles. The number of pyridine rings is 1. The molecule has 0 spiro atoms. The van der Waals surface area contributed by atoms with Crippen LogP contribution in [-0.4, -0.2) is 23.5 Å². The van der Waals surface area contributed by atoms with Crippen LogP contribution in [-0.2, 0) is 19.6 Å². The van der Waals surface area contributed by atoms with Crippen LogP contribution in [0.4, 0.5) is 0 Å². The molecule has 2 rings (SSSR count). The van der Waals surface area contributed by atoms with E-state index in [1.165, 1.54) is 5.56 Å². The Bertz CT molecular complexity index is 571. The maximum atomic E-state index is 4.70. The summed E-state index contributed by atoms with van der Waals surface area (Å²) in [5.41, 5.74) is 3.51. The lowest BCUT2D eigenvalue weighted by molar-refractivity contribution is 0.314. The Morgan fingerprint density at radius 1 is 1.05 bits per heavy atom.